The first-order valence-corrected chi connectivity index (χ1v) is 15.8. The van der Waals surface area contributed by atoms with Gasteiger partial charge in [-0.05, 0) is 0 Å². The predicted molar refractivity (Wildman–Crippen MR) is 137 cm³/mol. The largest absolute Gasteiger partial charge is 0.472 e. The average molecular weight is 659 g/mol. The fraction of sp³-hybridized carbons (Fsp3) is 0.550. The Kier molecular flexibility index (Phi) is 7.23. The first-order valence-electron chi connectivity index (χ1n) is 12.8. The van der Waals surface area contributed by atoms with Gasteiger partial charge < -0.3 is 35.2 Å². The summed E-state index contributed by atoms with van der Waals surface area (Å²) in [4.78, 5) is 49.4. The zero-order chi connectivity index (χ0) is 31.0. The van der Waals surface area contributed by atoms with Crippen molar-refractivity contribution in [2.45, 2.75) is 49.1 Å². The van der Waals surface area contributed by atoms with Crippen LogP contribution in [0.3, 0.4) is 0 Å². The number of aliphatic hydroxyl groups is 2. The topological polar surface area (TPSA) is 300 Å². The molecule has 3 aromatic heterocycles. The third-order valence-corrected chi connectivity index (χ3v) is 9.25. The van der Waals surface area contributed by atoms with Crippen LogP contribution in [0.4, 0.5) is 11.6 Å². The van der Waals surface area contributed by atoms with Gasteiger partial charge in [0, 0.05) is 0 Å². The second-order valence-electron chi connectivity index (χ2n) is 10.0. The number of carbonyl (C=O) groups excluding carboxylic acids is 1. The monoisotopic (exact) mass is 659 g/mol. The quantitative estimate of drug-likeness (QED) is 0.209. The van der Waals surface area contributed by atoms with E-state index in [0.717, 1.165) is 17.2 Å². The maximum Gasteiger partial charge on any atom is 0.472 e. The third kappa shape index (κ3) is 5.07. The molecule has 3 saturated heterocycles. The van der Waals surface area contributed by atoms with E-state index in [1.165, 1.54) is 10.9 Å². The molecule has 2 unspecified atom stereocenters. The van der Waals surface area contributed by atoms with Crippen LogP contribution in [0, 0.1) is 0 Å². The molecular formula is C20H23N9O13P2. The fourth-order valence-corrected chi connectivity index (χ4v) is 7.14. The van der Waals surface area contributed by atoms with E-state index in [9.17, 15) is 33.9 Å². The number of anilines is 1. The summed E-state index contributed by atoms with van der Waals surface area (Å²) in [6.07, 6.45) is -8.97. The predicted octanol–water partition coefficient (Wildman–Crippen LogP) is -0.880. The molecule has 0 spiro atoms. The minimum atomic E-state index is -5.07. The molecule has 0 aliphatic carbocycles. The first kappa shape index (κ1) is 29.6. The molecule has 10 atom stereocenters. The number of imidazole rings is 2. The number of fused-ring (bicyclic) bond motifs is 5. The molecule has 6 N–H and O–H groups in total. The number of nitrogens with zero attached hydrogens (tertiary/aromatic N) is 8. The summed E-state index contributed by atoms with van der Waals surface area (Å²) in [5, 5.41) is 29.7. The molecule has 4 aliphatic rings. The number of nitrogen functional groups attached to an aromatic ring is 1. The summed E-state index contributed by atoms with van der Waals surface area (Å²) in [6, 6.07) is 0. The number of aliphatic hydroxyl groups excluding tert-OH is 2. The number of phosphoric ester groups is 2. The minimum absolute atomic E-state index is 0.0267. The van der Waals surface area contributed by atoms with E-state index in [-0.39, 0.29) is 35.0 Å². The summed E-state index contributed by atoms with van der Waals surface area (Å²) < 4.78 is 61.0. The van der Waals surface area contributed by atoms with E-state index < -0.39 is 83.7 Å². The Labute approximate surface area is 244 Å². The van der Waals surface area contributed by atoms with Gasteiger partial charge in [0.15, 0.2) is 35.4 Å². The Morgan fingerprint density at radius 3 is 2.32 bits per heavy atom. The lowest BCUT2D eigenvalue weighted by molar-refractivity contribution is -0.0674. The minimum Gasteiger partial charge on any atom is -0.387 e. The molecule has 3 fully saturated rings. The van der Waals surface area contributed by atoms with Crippen molar-refractivity contribution in [2.75, 3.05) is 25.5 Å². The maximum absolute atomic E-state index is 13.2. The van der Waals surface area contributed by atoms with Gasteiger partial charge in [-0.2, -0.15) is 5.11 Å². The van der Waals surface area contributed by atoms with Crippen molar-refractivity contribution in [3.05, 3.63) is 24.7 Å². The molecule has 44 heavy (non-hydrogen) atoms. The zero-order valence-electron chi connectivity index (χ0n) is 22.0. The molecule has 0 aromatic carbocycles. The molecule has 7 heterocycles. The van der Waals surface area contributed by atoms with Gasteiger partial charge in [0.25, 0.3) is 0 Å². The molecule has 236 valence electrons. The number of Topliss-reactive ketones (excluding diaryl/α,β-unsaturated/α-hetero) is 1. The first-order chi connectivity index (χ1) is 20.9. The van der Waals surface area contributed by atoms with Crippen LogP contribution in [0.15, 0.2) is 29.2 Å². The highest BCUT2D eigenvalue weighted by Gasteiger charge is 2.54. The third-order valence-electron chi connectivity index (χ3n) is 7.28. The number of ketones is 1. The van der Waals surface area contributed by atoms with Crippen LogP contribution in [-0.2, 0) is 36.7 Å². The molecule has 3 aromatic rings. The smallest absolute Gasteiger partial charge is 0.387 e. The summed E-state index contributed by atoms with van der Waals surface area (Å²) in [6.45, 7) is -1.84. The van der Waals surface area contributed by atoms with Crippen LogP contribution in [0.5, 0.6) is 0 Å². The molecule has 0 saturated carbocycles. The number of hydrogen-bond acceptors (Lipinski definition) is 18. The standard InChI is InChI=1S/C20H23N9O13P2/c21-16-11-17(23-4-22-16)28(6-25-11)20-15-12(31)8(39-20)2-37-43(33,34)41-14-9(3-38-44(35,36)42-15)40-19(13(14)32)29-5-24-10-7(30)1-26-27-18(10)29/h4-6,8-9,12-15,19-20,31-32H,1-3H2,(H,33,34)(H,35,36)(H2,21,22,23)/t8-,9-,12-,13-,14-,15-,19-,20-/m1/s1. The van der Waals surface area contributed by atoms with Gasteiger partial charge in [0.1, 0.15) is 55.0 Å². The average Bonchev–Trinajstić information content (AvgIpc) is 3.73. The van der Waals surface area contributed by atoms with Gasteiger partial charge in [-0.1, -0.05) is 0 Å². The number of nitrogens with two attached hydrogens (primary N) is 1. The van der Waals surface area contributed by atoms with Gasteiger partial charge in [0.2, 0.25) is 5.78 Å². The number of azo groups is 1. The Morgan fingerprint density at radius 2 is 1.55 bits per heavy atom. The van der Waals surface area contributed by atoms with Crippen LogP contribution in [0.1, 0.15) is 22.9 Å². The van der Waals surface area contributed by atoms with Crippen molar-refractivity contribution in [1.82, 2.24) is 29.1 Å². The normalized spacial score (nSPS) is 39.4. The van der Waals surface area contributed by atoms with Crippen molar-refractivity contribution in [2.24, 2.45) is 10.2 Å². The molecule has 22 nitrogen and oxygen atoms in total. The highest BCUT2D eigenvalue weighted by atomic mass is 31.2. The number of carbonyl (C=O) groups is 1. The molecular weight excluding hydrogens is 636 g/mol. The van der Waals surface area contributed by atoms with E-state index >= 15 is 0 Å². The lowest BCUT2D eigenvalue weighted by Crippen LogP contribution is -2.36. The van der Waals surface area contributed by atoms with Crippen LogP contribution in [-0.4, -0.2) is 111 Å². The molecule has 24 heteroatoms. The zero-order valence-corrected chi connectivity index (χ0v) is 23.8. The molecule has 0 radical (unpaired) electrons. The van der Waals surface area contributed by atoms with E-state index in [4.69, 9.17) is 33.3 Å². The second-order valence-corrected chi connectivity index (χ2v) is 12.8. The van der Waals surface area contributed by atoms with E-state index in [2.05, 4.69) is 30.2 Å². The van der Waals surface area contributed by atoms with Gasteiger partial charge in [-0.15, -0.1) is 5.11 Å². The number of rotatable bonds is 2. The van der Waals surface area contributed by atoms with Crippen molar-refractivity contribution in [3.8, 4) is 0 Å². The molecule has 7 rings (SSSR count). The number of phosphoric acid groups is 2. The van der Waals surface area contributed by atoms with Crippen LogP contribution in [0.25, 0.3) is 11.2 Å². The molecule has 0 amide bonds. The van der Waals surface area contributed by atoms with E-state index in [1.54, 1.807) is 0 Å². The molecule has 4 aliphatic heterocycles. The lowest BCUT2D eigenvalue weighted by atomic mass is 10.1. The van der Waals surface area contributed by atoms with Crippen molar-refractivity contribution >= 4 is 44.2 Å². The Morgan fingerprint density at radius 1 is 0.864 bits per heavy atom. The number of ether oxygens (including phenoxy) is 2. The Bertz CT molecular complexity index is 1750. The van der Waals surface area contributed by atoms with Crippen LogP contribution < -0.4 is 5.73 Å². The summed E-state index contributed by atoms with van der Waals surface area (Å²) >= 11 is 0. The Hall–Kier alpha value is -3.11. The Balaban J connectivity index is 1.19. The van der Waals surface area contributed by atoms with Gasteiger partial charge >= 0.3 is 15.6 Å². The van der Waals surface area contributed by atoms with Crippen molar-refractivity contribution in [1.29, 1.82) is 0 Å². The summed E-state index contributed by atoms with van der Waals surface area (Å²) in [5.41, 5.74) is 6.10. The number of aromatic nitrogens is 6. The highest BCUT2D eigenvalue weighted by Crippen LogP contribution is 2.54. The molecule has 2 bridgehead atoms. The van der Waals surface area contributed by atoms with E-state index in [0.29, 0.717) is 0 Å². The van der Waals surface area contributed by atoms with Crippen LogP contribution in [0.2, 0.25) is 0 Å². The SMILES string of the molecule is Nc1ncnc2c1ncn2[C@@H]1O[C@@H]2COP(=O)(O)O[C@H]3[C@@H](O)[C@H](n4cnc5c4N=NCC5=O)O[C@@H]3COP(=O)(O)O[C@@H]1[C@@H]2O. The van der Waals surface area contributed by atoms with Crippen molar-refractivity contribution in [3.63, 3.8) is 0 Å². The lowest BCUT2D eigenvalue weighted by Gasteiger charge is -2.25. The second kappa shape index (κ2) is 10.8. The van der Waals surface area contributed by atoms with Gasteiger partial charge in [-0.3, -0.25) is 32.0 Å². The fourth-order valence-electron chi connectivity index (χ4n) is 5.25. The van der Waals surface area contributed by atoms with Gasteiger partial charge in [-0.25, -0.2) is 29.1 Å². The summed E-state index contributed by atoms with van der Waals surface area (Å²) in [5.74, 6) is -0.460. The summed E-state index contributed by atoms with van der Waals surface area (Å²) in [7, 11) is -10.1. The van der Waals surface area contributed by atoms with E-state index in [1.807, 2.05) is 0 Å². The van der Waals surface area contributed by atoms with Crippen LogP contribution >= 0.6 is 15.6 Å². The highest BCUT2D eigenvalue weighted by molar-refractivity contribution is 7.47. The number of hydrogen-bond donors (Lipinski definition) is 5. The van der Waals surface area contributed by atoms with Gasteiger partial charge in [0.05, 0.1) is 25.9 Å². The van der Waals surface area contributed by atoms with Crippen molar-refractivity contribution < 1.29 is 61.5 Å². The maximum atomic E-state index is 13.2.